The quantitative estimate of drug-likeness (QED) is 0.626. The summed E-state index contributed by atoms with van der Waals surface area (Å²) in [6, 6.07) is 9.50. The number of para-hydroxylation sites is 2. The molecular formula is C18H21N5O3S. The fourth-order valence-electron chi connectivity index (χ4n) is 2.62. The maximum absolute atomic E-state index is 12.4. The van der Waals surface area contributed by atoms with Crippen LogP contribution < -0.4 is 5.32 Å². The molecule has 27 heavy (non-hydrogen) atoms. The molecule has 0 bridgehead atoms. The Morgan fingerprint density at radius 1 is 1.33 bits per heavy atom. The molecule has 0 saturated heterocycles. The second-order valence-corrected chi connectivity index (χ2v) is 6.98. The second-order valence-electron chi connectivity index (χ2n) is 6.04. The summed E-state index contributed by atoms with van der Waals surface area (Å²) in [5, 5.41) is 7.09. The van der Waals surface area contributed by atoms with E-state index in [0.29, 0.717) is 11.6 Å². The smallest absolute Gasteiger partial charge is 0.245 e. The van der Waals surface area contributed by atoms with Gasteiger partial charge >= 0.3 is 0 Å². The van der Waals surface area contributed by atoms with Crippen LogP contribution in [0.2, 0.25) is 0 Å². The number of likely N-dealkylation sites (N-methyl/N-ethyl adjacent to an activating group) is 1. The van der Waals surface area contributed by atoms with Gasteiger partial charge in [0.25, 0.3) is 0 Å². The first kappa shape index (κ1) is 19.0. The highest BCUT2D eigenvalue weighted by atomic mass is 32.2. The van der Waals surface area contributed by atoms with Crippen molar-refractivity contribution in [2.45, 2.75) is 25.5 Å². The summed E-state index contributed by atoms with van der Waals surface area (Å²) in [6.07, 6.45) is 0. The molecule has 3 rings (SSSR count). The third-order valence-corrected chi connectivity index (χ3v) is 4.92. The van der Waals surface area contributed by atoms with Gasteiger partial charge in [-0.2, -0.15) is 0 Å². The highest BCUT2D eigenvalue weighted by molar-refractivity contribution is 7.99. The lowest BCUT2D eigenvalue weighted by atomic mass is 10.3. The largest absolute Gasteiger partial charge is 0.360 e. The third kappa shape index (κ3) is 4.48. The zero-order valence-electron chi connectivity index (χ0n) is 15.4. The van der Waals surface area contributed by atoms with Gasteiger partial charge in [-0.25, -0.2) is 4.98 Å². The fourth-order valence-corrected chi connectivity index (χ4v) is 3.64. The van der Waals surface area contributed by atoms with Crippen LogP contribution in [-0.4, -0.2) is 50.8 Å². The van der Waals surface area contributed by atoms with Crippen molar-refractivity contribution in [2.24, 2.45) is 0 Å². The van der Waals surface area contributed by atoms with Crippen LogP contribution >= 0.6 is 11.8 Å². The van der Waals surface area contributed by atoms with E-state index in [1.165, 1.54) is 16.7 Å². The molecule has 0 radical (unpaired) electrons. The number of carbonyl (C=O) groups is 2. The Labute approximate surface area is 160 Å². The number of imidazole rings is 1. The summed E-state index contributed by atoms with van der Waals surface area (Å²) in [5.41, 5.74) is 1.95. The molecule has 8 nitrogen and oxygen atoms in total. The molecular weight excluding hydrogens is 366 g/mol. The van der Waals surface area contributed by atoms with Gasteiger partial charge in [-0.1, -0.05) is 29.1 Å². The molecule has 0 aliphatic carbocycles. The number of anilines is 1. The molecule has 0 atom stereocenters. The number of benzene rings is 1. The summed E-state index contributed by atoms with van der Waals surface area (Å²) in [7, 11) is 1.60. The number of hydrogen-bond acceptors (Lipinski definition) is 6. The molecule has 0 aliphatic rings. The van der Waals surface area contributed by atoms with Crippen molar-refractivity contribution in [3.8, 4) is 0 Å². The van der Waals surface area contributed by atoms with Gasteiger partial charge in [0.2, 0.25) is 11.8 Å². The van der Waals surface area contributed by atoms with Crippen LogP contribution in [0.1, 0.15) is 12.7 Å². The van der Waals surface area contributed by atoms with Crippen molar-refractivity contribution in [1.29, 1.82) is 0 Å². The monoisotopic (exact) mass is 387 g/mol. The second kappa shape index (κ2) is 8.26. The minimum Gasteiger partial charge on any atom is -0.360 e. The number of nitrogens with one attached hydrogen (secondary N) is 1. The van der Waals surface area contributed by atoms with E-state index in [-0.39, 0.29) is 24.1 Å². The van der Waals surface area contributed by atoms with E-state index >= 15 is 0 Å². The van der Waals surface area contributed by atoms with E-state index in [9.17, 15) is 9.59 Å². The number of aryl methyl sites for hydroxylation is 2. The maximum atomic E-state index is 12.4. The van der Waals surface area contributed by atoms with Gasteiger partial charge in [-0.15, -0.1) is 0 Å². The lowest BCUT2D eigenvalue weighted by Gasteiger charge is -2.16. The zero-order chi connectivity index (χ0) is 19.4. The van der Waals surface area contributed by atoms with Crippen molar-refractivity contribution < 1.29 is 14.1 Å². The van der Waals surface area contributed by atoms with Crippen molar-refractivity contribution in [3.05, 3.63) is 36.1 Å². The minimum atomic E-state index is -0.329. The zero-order valence-corrected chi connectivity index (χ0v) is 16.2. The Kier molecular flexibility index (Phi) is 5.80. The number of carbonyl (C=O) groups excluding carboxylic acids is 2. The molecule has 9 heteroatoms. The SMILES string of the molecule is CCn1c(SCC(=O)N(C)CC(=O)Nc2cc(C)on2)nc2ccccc21. The predicted molar refractivity (Wildman–Crippen MR) is 104 cm³/mol. The average molecular weight is 387 g/mol. The number of fused-ring (bicyclic) bond motifs is 1. The van der Waals surface area contributed by atoms with Crippen LogP contribution in [0, 0.1) is 6.92 Å². The van der Waals surface area contributed by atoms with E-state index in [1.807, 2.05) is 31.2 Å². The van der Waals surface area contributed by atoms with Gasteiger partial charge in [0.1, 0.15) is 5.76 Å². The first-order chi connectivity index (χ1) is 13.0. The first-order valence-electron chi connectivity index (χ1n) is 8.53. The van der Waals surface area contributed by atoms with Crippen LogP contribution in [0.5, 0.6) is 0 Å². The number of thioether (sulfide) groups is 1. The Morgan fingerprint density at radius 3 is 2.81 bits per heavy atom. The molecule has 2 heterocycles. The van der Waals surface area contributed by atoms with Gasteiger partial charge in [0.15, 0.2) is 11.0 Å². The molecule has 1 N–H and O–H groups in total. The molecule has 2 aromatic heterocycles. The van der Waals surface area contributed by atoms with Gasteiger partial charge in [0.05, 0.1) is 23.3 Å². The van der Waals surface area contributed by atoms with Gasteiger partial charge in [-0.05, 0) is 26.0 Å². The Hall–Kier alpha value is -2.81. The normalized spacial score (nSPS) is 10.9. The number of amides is 2. The molecule has 0 aliphatic heterocycles. The molecule has 0 spiro atoms. The minimum absolute atomic E-state index is 0.0600. The summed E-state index contributed by atoms with van der Waals surface area (Å²) in [6.45, 7) is 4.49. The van der Waals surface area contributed by atoms with Crippen LogP contribution in [0.3, 0.4) is 0 Å². The maximum Gasteiger partial charge on any atom is 0.245 e. The van der Waals surface area contributed by atoms with E-state index < -0.39 is 0 Å². The molecule has 2 amide bonds. The first-order valence-corrected chi connectivity index (χ1v) is 9.51. The molecule has 142 valence electrons. The van der Waals surface area contributed by atoms with E-state index in [1.54, 1.807) is 20.0 Å². The van der Waals surface area contributed by atoms with Crippen LogP contribution in [0.4, 0.5) is 5.82 Å². The average Bonchev–Trinajstić information content (AvgIpc) is 3.21. The Bertz CT molecular complexity index is 965. The highest BCUT2D eigenvalue weighted by Crippen LogP contribution is 2.24. The van der Waals surface area contributed by atoms with Crippen LogP contribution in [0.15, 0.2) is 40.0 Å². The number of rotatable bonds is 7. The fraction of sp³-hybridized carbons (Fsp3) is 0.333. The molecule has 0 unspecified atom stereocenters. The number of nitrogens with zero attached hydrogens (tertiary/aromatic N) is 4. The van der Waals surface area contributed by atoms with E-state index in [0.717, 1.165) is 22.7 Å². The molecule has 0 saturated carbocycles. The van der Waals surface area contributed by atoms with E-state index in [2.05, 4.69) is 20.0 Å². The lowest BCUT2D eigenvalue weighted by molar-refractivity contribution is -0.131. The molecule has 1 aromatic carbocycles. The number of aromatic nitrogens is 3. The summed E-state index contributed by atoms with van der Waals surface area (Å²) < 4.78 is 6.97. The van der Waals surface area contributed by atoms with Crippen molar-refractivity contribution in [2.75, 3.05) is 24.7 Å². The topological polar surface area (TPSA) is 93.3 Å². The lowest BCUT2D eigenvalue weighted by Crippen LogP contribution is -2.36. The van der Waals surface area contributed by atoms with Crippen LogP contribution in [-0.2, 0) is 16.1 Å². The predicted octanol–water partition coefficient (Wildman–Crippen LogP) is 2.54. The van der Waals surface area contributed by atoms with Gasteiger partial charge in [-0.3, -0.25) is 9.59 Å². The van der Waals surface area contributed by atoms with Gasteiger partial charge in [0, 0.05) is 19.7 Å². The van der Waals surface area contributed by atoms with Crippen molar-refractivity contribution >= 4 is 40.4 Å². The van der Waals surface area contributed by atoms with Crippen molar-refractivity contribution in [3.63, 3.8) is 0 Å². The third-order valence-electron chi connectivity index (χ3n) is 3.96. The summed E-state index contributed by atoms with van der Waals surface area (Å²) in [4.78, 5) is 30.4. The van der Waals surface area contributed by atoms with E-state index in [4.69, 9.17) is 4.52 Å². The van der Waals surface area contributed by atoms with Crippen molar-refractivity contribution in [1.82, 2.24) is 19.6 Å². The number of hydrogen-bond donors (Lipinski definition) is 1. The highest BCUT2D eigenvalue weighted by Gasteiger charge is 2.17. The Morgan fingerprint density at radius 2 is 2.11 bits per heavy atom. The Balaban J connectivity index is 1.56. The molecule has 0 fully saturated rings. The standard InChI is InChI=1S/C18H21N5O3S/c1-4-23-14-8-6-5-7-13(14)19-18(23)27-11-17(25)22(3)10-16(24)20-15-9-12(2)26-21-15/h5-9H,4,10-11H2,1-3H3,(H,20,21,24). The summed E-state index contributed by atoms with van der Waals surface area (Å²) >= 11 is 1.37. The molecule has 3 aromatic rings. The van der Waals surface area contributed by atoms with Gasteiger partial charge < -0.3 is 19.3 Å². The summed E-state index contributed by atoms with van der Waals surface area (Å²) in [5.74, 6) is 0.663. The van der Waals surface area contributed by atoms with Crippen LogP contribution in [0.25, 0.3) is 11.0 Å².